The van der Waals surface area contributed by atoms with Crippen molar-refractivity contribution in [2.75, 3.05) is 5.32 Å². The van der Waals surface area contributed by atoms with Gasteiger partial charge in [0.15, 0.2) is 0 Å². The summed E-state index contributed by atoms with van der Waals surface area (Å²) < 4.78 is 5.46. The van der Waals surface area contributed by atoms with Crippen LogP contribution in [0.15, 0.2) is 42.6 Å². The maximum atomic E-state index is 12.4. The molecule has 132 valence electrons. The molecule has 0 radical (unpaired) electrons. The van der Waals surface area contributed by atoms with Crippen molar-refractivity contribution in [2.45, 2.75) is 39.8 Å². The van der Waals surface area contributed by atoms with Gasteiger partial charge in [-0.15, -0.1) is 0 Å². The molecule has 0 spiro atoms. The number of ether oxygens (including phenoxy) is 1. The topological polar surface area (TPSA) is 80.3 Å². The normalized spacial score (nSPS) is 10.6. The van der Waals surface area contributed by atoms with Crippen molar-refractivity contribution in [3.8, 4) is 5.88 Å². The van der Waals surface area contributed by atoms with Crippen molar-refractivity contribution in [1.29, 1.82) is 0 Å². The fourth-order valence-corrected chi connectivity index (χ4v) is 2.15. The smallest absolute Gasteiger partial charge is 0.257 e. The number of pyridine rings is 1. The number of benzene rings is 1. The number of amides is 2. The molecule has 6 heteroatoms. The summed E-state index contributed by atoms with van der Waals surface area (Å²) in [6.45, 7) is 7.57. The first-order valence-corrected chi connectivity index (χ1v) is 8.20. The Labute approximate surface area is 147 Å². The first kappa shape index (κ1) is 18.4. The Kier molecular flexibility index (Phi) is 6.11. The van der Waals surface area contributed by atoms with Crippen LogP contribution in [-0.4, -0.2) is 28.9 Å². The van der Waals surface area contributed by atoms with Gasteiger partial charge in [0.2, 0.25) is 5.88 Å². The summed E-state index contributed by atoms with van der Waals surface area (Å²) in [4.78, 5) is 28.8. The Hall–Kier alpha value is -2.89. The van der Waals surface area contributed by atoms with Crippen molar-refractivity contribution >= 4 is 17.5 Å². The van der Waals surface area contributed by atoms with E-state index >= 15 is 0 Å². The van der Waals surface area contributed by atoms with Gasteiger partial charge in [0.05, 0.1) is 22.9 Å². The molecule has 1 aromatic heterocycles. The Morgan fingerprint density at radius 2 is 1.72 bits per heavy atom. The highest BCUT2D eigenvalue weighted by Gasteiger charge is 2.15. The third-order valence-corrected chi connectivity index (χ3v) is 3.19. The number of nitrogens with zero attached hydrogens (tertiary/aromatic N) is 1. The largest absolute Gasteiger partial charge is 0.475 e. The van der Waals surface area contributed by atoms with E-state index in [2.05, 4.69) is 15.6 Å². The second-order valence-electron chi connectivity index (χ2n) is 6.18. The molecule has 0 saturated heterocycles. The average molecular weight is 341 g/mol. The third-order valence-electron chi connectivity index (χ3n) is 3.19. The highest BCUT2D eigenvalue weighted by atomic mass is 16.5. The monoisotopic (exact) mass is 341 g/mol. The van der Waals surface area contributed by atoms with Gasteiger partial charge in [-0.25, -0.2) is 4.98 Å². The predicted molar refractivity (Wildman–Crippen MR) is 97.0 cm³/mol. The molecule has 0 aliphatic carbocycles. The first-order valence-electron chi connectivity index (χ1n) is 8.20. The molecule has 2 amide bonds. The average Bonchev–Trinajstić information content (AvgIpc) is 2.54. The molecule has 2 N–H and O–H groups in total. The standard InChI is InChI=1S/C19H23N3O3/c1-12(2)21-19(24)15-7-5-6-8-16(15)22-18(23)14-9-10-17(20-11-14)25-13(3)4/h5-13H,1-4H3,(H,21,24)(H,22,23). The molecule has 0 atom stereocenters. The predicted octanol–water partition coefficient (Wildman–Crippen LogP) is 3.26. The van der Waals surface area contributed by atoms with E-state index in [1.165, 1.54) is 6.20 Å². The molecule has 25 heavy (non-hydrogen) atoms. The number of aromatic nitrogens is 1. The van der Waals surface area contributed by atoms with Gasteiger partial charge >= 0.3 is 0 Å². The lowest BCUT2D eigenvalue weighted by Gasteiger charge is -2.13. The number of carbonyl (C=O) groups is 2. The summed E-state index contributed by atoms with van der Waals surface area (Å²) >= 11 is 0. The van der Waals surface area contributed by atoms with E-state index < -0.39 is 0 Å². The second-order valence-corrected chi connectivity index (χ2v) is 6.18. The number of anilines is 1. The van der Waals surface area contributed by atoms with Crippen molar-refractivity contribution in [3.63, 3.8) is 0 Å². The van der Waals surface area contributed by atoms with Gasteiger partial charge < -0.3 is 15.4 Å². The summed E-state index contributed by atoms with van der Waals surface area (Å²) in [7, 11) is 0. The zero-order valence-corrected chi connectivity index (χ0v) is 14.9. The summed E-state index contributed by atoms with van der Waals surface area (Å²) in [5.41, 5.74) is 1.25. The Morgan fingerprint density at radius 3 is 2.32 bits per heavy atom. The maximum absolute atomic E-state index is 12.4. The minimum Gasteiger partial charge on any atom is -0.475 e. The van der Waals surface area contributed by atoms with E-state index in [0.29, 0.717) is 22.7 Å². The molecule has 1 heterocycles. The van der Waals surface area contributed by atoms with Crippen molar-refractivity contribution in [3.05, 3.63) is 53.7 Å². The zero-order chi connectivity index (χ0) is 18.4. The highest BCUT2D eigenvalue weighted by molar-refractivity contribution is 6.08. The molecule has 0 fully saturated rings. The summed E-state index contributed by atoms with van der Waals surface area (Å²) in [5.74, 6) is -0.110. The maximum Gasteiger partial charge on any atom is 0.257 e. The molecule has 2 rings (SSSR count). The van der Waals surface area contributed by atoms with Gasteiger partial charge in [0.1, 0.15) is 0 Å². The van der Waals surface area contributed by atoms with Gasteiger partial charge in [-0.3, -0.25) is 9.59 Å². The molecule has 0 aliphatic heterocycles. The first-order chi connectivity index (χ1) is 11.9. The minimum absolute atomic E-state index is 0.00830. The molecule has 2 aromatic rings. The Balaban J connectivity index is 2.14. The van der Waals surface area contributed by atoms with Crippen LogP contribution < -0.4 is 15.4 Å². The lowest BCUT2D eigenvalue weighted by molar-refractivity contribution is 0.0944. The highest BCUT2D eigenvalue weighted by Crippen LogP contribution is 2.17. The molecule has 0 bridgehead atoms. The van der Waals surface area contributed by atoms with Crippen LogP contribution in [0, 0.1) is 0 Å². The van der Waals surface area contributed by atoms with Crippen LogP contribution in [0.4, 0.5) is 5.69 Å². The van der Waals surface area contributed by atoms with E-state index in [0.717, 1.165) is 0 Å². The van der Waals surface area contributed by atoms with Gasteiger partial charge in [-0.05, 0) is 45.9 Å². The minimum atomic E-state index is -0.339. The molecule has 0 saturated carbocycles. The fraction of sp³-hybridized carbons (Fsp3) is 0.316. The summed E-state index contributed by atoms with van der Waals surface area (Å²) in [5, 5.41) is 5.58. The van der Waals surface area contributed by atoms with Gasteiger partial charge in [0.25, 0.3) is 11.8 Å². The number of carbonyl (C=O) groups excluding carboxylic acids is 2. The van der Waals surface area contributed by atoms with Crippen molar-refractivity contribution in [1.82, 2.24) is 10.3 Å². The molecule has 1 aromatic carbocycles. The van der Waals surface area contributed by atoms with Crippen LogP contribution in [0.3, 0.4) is 0 Å². The lowest BCUT2D eigenvalue weighted by atomic mass is 10.1. The van der Waals surface area contributed by atoms with Crippen molar-refractivity contribution in [2.24, 2.45) is 0 Å². The lowest BCUT2D eigenvalue weighted by Crippen LogP contribution is -2.31. The van der Waals surface area contributed by atoms with Gasteiger partial charge in [0, 0.05) is 18.3 Å². The number of rotatable bonds is 6. The molecular formula is C19H23N3O3. The molecule has 0 unspecified atom stereocenters. The van der Waals surface area contributed by atoms with Crippen LogP contribution in [0.2, 0.25) is 0 Å². The Morgan fingerprint density at radius 1 is 1.00 bits per heavy atom. The van der Waals surface area contributed by atoms with E-state index in [4.69, 9.17) is 4.74 Å². The molecule has 6 nitrogen and oxygen atoms in total. The van der Waals surface area contributed by atoms with Crippen LogP contribution in [0.5, 0.6) is 5.88 Å². The number of hydrogen-bond donors (Lipinski definition) is 2. The quantitative estimate of drug-likeness (QED) is 0.845. The van der Waals surface area contributed by atoms with Crippen LogP contribution in [0.1, 0.15) is 48.4 Å². The second kappa shape index (κ2) is 8.28. The number of para-hydroxylation sites is 1. The molecular weight excluding hydrogens is 318 g/mol. The van der Waals surface area contributed by atoms with E-state index in [1.54, 1.807) is 36.4 Å². The number of nitrogens with one attached hydrogen (secondary N) is 2. The number of hydrogen-bond acceptors (Lipinski definition) is 4. The van der Waals surface area contributed by atoms with Crippen LogP contribution in [0.25, 0.3) is 0 Å². The summed E-state index contributed by atoms with van der Waals surface area (Å²) in [6, 6.07) is 10.2. The SMILES string of the molecule is CC(C)NC(=O)c1ccccc1NC(=O)c1ccc(OC(C)C)nc1. The van der Waals surface area contributed by atoms with E-state index in [9.17, 15) is 9.59 Å². The van der Waals surface area contributed by atoms with E-state index in [1.807, 2.05) is 27.7 Å². The van der Waals surface area contributed by atoms with Crippen LogP contribution in [-0.2, 0) is 0 Å². The van der Waals surface area contributed by atoms with E-state index in [-0.39, 0.29) is 24.0 Å². The Bertz CT molecular complexity index is 740. The van der Waals surface area contributed by atoms with Gasteiger partial charge in [-0.1, -0.05) is 12.1 Å². The van der Waals surface area contributed by atoms with Crippen molar-refractivity contribution < 1.29 is 14.3 Å². The van der Waals surface area contributed by atoms with Gasteiger partial charge in [-0.2, -0.15) is 0 Å². The zero-order valence-electron chi connectivity index (χ0n) is 14.9. The molecule has 0 aliphatic rings. The third kappa shape index (κ3) is 5.31. The fourth-order valence-electron chi connectivity index (χ4n) is 2.15. The summed E-state index contributed by atoms with van der Waals surface area (Å²) in [6.07, 6.45) is 1.46. The van der Waals surface area contributed by atoms with Crippen LogP contribution >= 0.6 is 0 Å².